The highest BCUT2D eigenvalue weighted by Gasteiger charge is 2.61. The van der Waals surface area contributed by atoms with Crippen LogP contribution >= 0.6 is 11.8 Å². The Kier molecular flexibility index (Phi) is 8.40. The van der Waals surface area contributed by atoms with Crippen molar-refractivity contribution in [3.05, 3.63) is 65.6 Å². The number of nitrogens with zero attached hydrogens (tertiary/aromatic N) is 2. The SMILES string of the molecule is COc1ccc(COC(=O)C2=C(CSc3ccncc3)[C@H](CF)[C@@H]3[C@@H]([C@@H](C)O[Si](C)(C)C)C(=O)N23)cc1. The third kappa shape index (κ3) is 5.91. The molecule has 1 fully saturated rings. The van der Waals surface area contributed by atoms with Crippen molar-refractivity contribution in [2.24, 2.45) is 11.8 Å². The fourth-order valence-electron chi connectivity index (χ4n) is 4.99. The lowest BCUT2D eigenvalue weighted by Gasteiger charge is -2.48. The molecule has 10 heteroatoms. The number of hydrogen-bond donors (Lipinski definition) is 0. The number of carbonyl (C=O) groups is 2. The summed E-state index contributed by atoms with van der Waals surface area (Å²) in [7, 11) is -0.351. The number of benzene rings is 1. The van der Waals surface area contributed by atoms with Crippen LogP contribution in [0.4, 0.5) is 4.39 Å². The topological polar surface area (TPSA) is 78.0 Å². The van der Waals surface area contributed by atoms with Crippen molar-refractivity contribution in [3.8, 4) is 5.75 Å². The zero-order valence-corrected chi connectivity index (χ0v) is 23.6. The monoisotopic (exact) mass is 544 g/mol. The van der Waals surface area contributed by atoms with Gasteiger partial charge in [-0.05, 0) is 62.0 Å². The second-order valence-corrected chi connectivity index (χ2v) is 15.7. The number of pyridine rings is 1. The largest absolute Gasteiger partial charge is 0.497 e. The minimum atomic E-state index is -1.93. The Labute approximate surface area is 222 Å². The molecule has 0 radical (unpaired) electrons. The lowest BCUT2D eigenvalue weighted by molar-refractivity contribution is -0.164. The maximum absolute atomic E-state index is 14.6. The van der Waals surface area contributed by atoms with Gasteiger partial charge in [0, 0.05) is 29.0 Å². The highest BCUT2D eigenvalue weighted by Crippen LogP contribution is 2.49. The van der Waals surface area contributed by atoms with Crippen LogP contribution in [0, 0.1) is 11.8 Å². The minimum absolute atomic E-state index is 0.0304. The predicted octanol–water partition coefficient (Wildman–Crippen LogP) is 4.85. The Bertz CT molecular complexity index is 1160. The van der Waals surface area contributed by atoms with Gasteiger partial charge in [-0.15, -0.1) is 11.8 Å². The number of esters is 1. The summed E-state index contributed by atoms with van der Waals surface area (Å²) in [4.78, 5) is 33.2. The summed E-state index contributed by atoms with van der Waals surface area (Å²) in [6.45, 7) is 7.40. The molecular weight excluding hydrogens is 511 g/mol. The van der Waals surface area contributed by atoms with E-state index in [9.17, 15) is 14.0 Å². The lowest BCUT2D eigenvalue weighted by Crippen LogP contribution is -2.65. The Morgan fingerprint density at radius 3 is 2.43 bits per heavy atom. The standard InChI is InChI=1S/C27H33FN2O5SSi/c1-17(35-37(3,4)5)23-24-21(14-28)22(16-36-20-10-12-29-13-11-20)25(30(24)26(23)31)27(32)34-15-18-6-8-19(33-2)9-7-18/h6-13,17,21,23-24H,14-16H2,1-5H3/t17-,21+,23-,24-/m1/s1. The number of fused-ring (bicyclic) bond motifs is 1. The zero-order chi connectivity index (χ0) is 26.7. The highest BCUT2D eigenvalue weighted by atomic mass is 32.2. The van der Waals surface area contributed by atoms with E-state index in [4.69, 9.17) is 13.9 Å². The van der Waals surface area contributed by atoms with Crippen LogP contribution < -0.4 is 4.74 Å². The van der Waals surface area contributed by atoms with Crippen molar-refractivity contribution < 1.29 is 27.9 Å². The summed E-state index contributed by atoms with van der Waals surface area (Å²) in [6, 6.07) is 10.4. The Morgan fingerprint density at radius 2 is 1.84 bits per heavy atom. The highest BCUT2D eigenvalue weighted by molar-refractivity contribution is 7.99. The Morgan fingerprint density at radius 1 is 1.16 bits per heavy atom. The molecule has 1 aromatic carbocycles. The predicted molar refractivity (Wildman–Crippen MR) is 142 cm³/mol. The molecule has 2 aliphatic rings. The normalized spacial score (nSPS) is 21.9. The van der Waals surface area contributed by atoms with Crippen molar-refractivity contribution in [1.82, 2.24) is 9.88 Å². The van der Waals surface area contributed by atoms with Gasteiger partial charge < -0.3 is 18.8 Å². The molecule has 2 aliphatic heterocycles. The van der Waals surface area contributed by atoms with Crippen molar-refractivity contribution in [2.45, 2.75) is 50.2 Å². The van der Waals surface area contributed by atoms with Gasteiger partial charge in [-0.2, -0.15) is 0 Å². The van der Waals surface area contributed by atoms with Gasteiger partial charge in [0.1, 0.15) is 18.1 Å². The van der Waals surface area contributed by atoms with Gasteiger partial charge >= 0.3 is 5.97 Å². The van der Waals surface area contributed by atoms with Crippen LogP contribution in [0.25, 0.3) is 0 Å². The summed E-state index contributed by atoms with van der Waals surface area (Å²) in [5.41, 5.74) is 1.55. The summed E-state index contributed by atoms with van der Waals surface area (Å²) < 4.78 is 31.6. The number of rotatable bonds is 11. The molecule has 3 heterocycles. The third-order valence-electron chi connectivity index (χ3n) is 6.57. The van der Waals surface area contributed by atoms with Gasteiger partial charge in [-0.3, -0.25) is 14.2 Å². The van der Waals surface area contributed by atoms with E-state index in [1.54, 1.807) is 31.6 Å². The lowest BCUT2D eigenvalue weighted by atomic mass is 9.77. The van der Waals surface area contributed by atoms with E-state index >= 15 is 0 Å². The van der Waals surface area contributed by atoms with Crippen LogP contribution in [0.2, 0.25) is 19.6 Å². The third-order valence-corrected chi connectivity index (χ3v) is 8.71. The van der Waals surface area contributed by atoms with Crippen LogP contribution in [0.3, 0.4) is 0 Å². The molecule has 7 nitrogen and oxygen atoms in total. The molecule has 1 amide bonds. The number of β-lactam (4-membered cyclic amide) rings is 1. The van der Waals surface area contributed by atoms with E-state index in [2.05, 4.69) is 24.6 Å². The molecule has 2 aromatic rings. The minimum Gasteiger partial charge on any atom is -0.497 e. The van der Waals surface area contributed by atoms with Crippen LogP contribution in [0.5, 0.6) is 5.75 Å². The second-order valence-electron chi connectivity index (χ2n) is 10.2. The van der Waals surface area contributed by atoms with E-state index in [1.165, 1.54) is 16.7 Å². The fraction of sp³-hybridized carbons (Fsp3) is 0.444. The van der Waals surface area contributed by atoms with Crippen LogP contribution in [0.1, 0.15) is 12.5 Å². The van der Waals surface area contributed by atoms with Gasteiger partial charge in [-0.25, -0.2) is 4.79 Å². The summed E-state index contributed by atoms with van der Waals surface area (Å²) >= 11 is 1.48. The van der Waals surface area contributed by atoms with Gasteiger partial charge in [-0.1, -0.05) is 12.1 Å². The van der Waals surface area contributed by atoms with E-state index < -0.39 is 38.8 Å². The number of carbonyl (C=O) groups excluding carboxylic acids is 2. The Hall–Kier alpha value is -2.69. The van der Waals surface area contributed by atoms with Crippen molar-refractivity contribution in [1.29, 1.82) is 0 Å². The van der Waals surface area contributed by atoms with Crippen LogP contribution in [-0.2, 0) is 25.4 Å². The molecule has 0 N–H and O–H groups in total. The molecule has 0 saturated carbocycles. The first kappa shape index (κ1) is 27.3. The van der Waals surface area contributed by atoms with Crippen molar-refractivity contribution in [3.63, 3.8) is 0 Å². The quantitative estimate of drug-likeness (QED) is 0.173. The smallest absolute Gasteiger partial charge is 0.355 e. The maximum atomic E-state index is 14.6. The van der Waals surface area contributed by atoms with E-state index in [1.807, 2.05) is 31.2 Å². The van der Waals surface area contributed by atoms with Crippen molar-refractivity contribution >= 4 is 32.0 Å². The molecule has 4 atom stereocenters. The van der Waals surface area contributed by atoms with E-state index in [0.29, 0.717) is 17.1 Å². The number of ether oxygens (including phenoxy) is 2. The molecular formula is C27H33FN2O5SSi. The van der Waals surface area contributed by atoms with Crippen molar-refractivity contribution in [2.75, 3.05) is 19.5 Å². The molecule has 4 rings (SSSR count). The van der Waals surface area contributed by atoms with Gasteiger partial charge in [0.2, 0.25) is 5.91 Å². The number of hydrogen-bond acceptors (Lipinski definition) is 7. The molecule has 198 valence electrons. The fourth-order valence-corrected chi connectivity index (χ4v) is 7.24. The second kappa shape index (κ2) is 11.4. The molecule has 0 bridgehead atoms. The number of amides is 1. The molecule has 1 saturated heterocycles. The summed E-state index contributed by atoms with van der Waals surface area (Å²) in [5.74, 6) is -0.859. The van der Waals surface area contributed by atoms with E-state index in [0.717, 1.165) is 10.5 Å². The number of methoxy groups -OCH3 is 1. The number of halogens is 1. The first-order valence-electron chi connectivity index (χ1n) is 12.3. The average molecular weight is 545 g/mol. The number of alkyl halides is 1. The first-order valence-corrected chi connectivity index (χ1v) is 16.7. The molecule has 37 heavy (non-hydrogen) atoms. The first-order chi connectivity index (χ1) is 17.6. The molecule has 1 aromatic heterocycles. The van der Waals surface area contributed by atoms with E-state index in [-0.39, 0.29) is 24.3 Å². The van der Waals surface area contributed by atoms with Crippen LogP contribution in [0.15, 0.2) is 65.0 Å². The number of aromatic nitrogens is 1. The van der Waals surface area contributed by atoms with Crippen LogP contribution in [-0.4, -0.2) is 61.8 Å². The Balaban J connectivity index is 1.59. The van der Waals surface area contributed by atoms with Gasteiger partial charge in [0.15, 0.2) is 8.32 Å². The summed E-state index contributed by atoms with van der Waals surface area (Å²) in [6.07, 6.45) is 3.01. The summed E-state index contributed by atoms with van der Waals surface area (Å²) in [5, 5.41) is 0. The number of thioether (sulfide) groups is 1. The molecule has 0 aliphatic carbocycles. The van der Waals surface area contributed by atoms with Gasteiger partial charge in [0.05, 0.1) is 31.8 Å². The maximum Gasteiger partial charge on any atom is 0.355 e. The van der Waals surface area contributed by atoms with Gasteiger partial charge in [0.25, 0.3) is 0 Å². The zero-order valence-electron chi connectivity index (χ0n) is 21.8. The molecule has 0 unspecified atom stereocenters. The molecule has 0 spiro atoms. The average Bonchev–Trinajstić information content (AvgIpc) is 3.15.